The molecule has 0 saturated carbocycles. The van der Waals surface area contributed by atoms with Crippen molar-refractivity contribution in [2.75, 3.05) is 0 Å². The number of ketones is 1. The number of hydrogen-bond donors (Lipinski definition) is 0. The third kappa shape index (κ3) is 2.59. The fourth-order valence-electron chi connectivity index (χ4n) is 2.38. The largest absolute Gasteiger partial charge is 0.294 e. The Morgan fingerprint density at radius 3 is 2.60 bits per heavy atom. The first-order valence-corrected chi connectivity index (χ1v) is 6.75. The minimum atomic E-state index is 0.174. The van der Waals surface area contributed by atoms with E-state index in [9.17, 15) is 4.79 Å². The van der Waals surface area contributed by atoms with Crippen LogP contribution in [0, 0.1) is 0 Å². The summed E-state index contributed by atoms with van der Waals surface area (Å²) in [5.41, 5.74) is 2.84. The highest BCUT2D eigenvalue weighted by Gasteiger charge is 2.10. The number of carbonyl (C=O) groups excluding carboxylic acids is 1. The molecule has 0 amide bonds. The van der Waals surface area contributed by atoms with Gasteiger partial charge in [-0.2, -0.15) is 0 Å². The molecule has 0 bridgehead atoms. The van der Waals surface area contributed by atoms with Gasteiger partial charge >= 0.3 is 0 Å². The van der Waals surface area contributed by atoms with Crippen LogP contribution in [0.2, 0.25) is 0 Å². The van der Waals surface area contributed by atoms with Crippen LogP contribution in [-0.4, -0.2) is 10.8 Å². The van der Waals surface area contributed by atoms with Gasteiger partial charge in [0.2, 0.25) is 0 Å². The van der Waals surface area contributed by atoms with Gasteiger partial charge in [0.1, 0.15) is 0 Å². The molecule has 1 aromatic heterocycles. The van der Waals surface area contributed by atoms with Gasteiger partial charge in [-0.15, -0.1) is 0 Å². The molecule has 2 aromatic carbocycles. The van der Waals surface area contributed by atoms with E-state index in [4.69, 9.17) is 0 Å². The Labute approximate surface area is 118 Å². The van der Waals surface area contributed by atoms with Crippen molar-refractivity contribution >= 4 is 16.7 Å². The standard InChI is InChI=1S/C18H15NO/c20-18(12-11-14-6-2-1-3-7-14)16-8-4-10-17-15(16)9-5-13-19-17/h1-10,13H,11-12H2. The Balaban J connectivity index is 1.82. The highest BCUT2D eigenvalue weighted by atomic mass is 16.1. The lowest BCUT2D eigenvalue weighted by Gasteiger charge is -2.05. The number of pyridine rings is 1. The molecule has 0 aliphatic heterocycles. The zero-order valence-electron chi connectivity index (χ0n) is 11.1. The summed E-state index contributed by atoms with van der Waals surface area (Å²) >= 11 is 0. The Morgan fingerprint density at radius 2 is 1.75 bits per heavy atom. The monoisotopic (exact) mass is 261 g/mol. The van der Waals surface area contributed by atoms with E-state index in [0.717, 1.165) is 22.9 Å². The molecule has 0 unspecified atom stereocenters. The van der Waals surface area contributed by atoms with Crippen LogP contribution in [0.25, 0.3) is 10.9 Å². The second kappa shape index (κ2) is 5.66. The molecule has 0 saturated heterocycles. The third-order valence-corrected chi connectivity index (χ3v) is 3.43. The van der Waals surface area contributed by atoms with Crippen molar-refractivity contribution < 1.29 is 4.79 Å². The minimum Gasteiger partial charge on any atom is -0.294 e. The summed E-state index contributed by atoms with van der Waals surface area (Å²) in [5.74, 6) is 0.174. The van der Waals surface area contributed by atoms with Crippen LogP contribution in [0.15, 0.2) is 66.9 Å². The van der Waals surface area contributed by atoms with Gasteiger partial charge in [0.05, 0.1) is 5.52 Å². The van der Waals surface area contributed by atoms with E-state index in [2.05, 4.69) is 17.1 Å². The molecule has 0 N–H and O–H groups in total. The molecule has 0 atom stereocenters. The molecule has 2 nitrogen and oxygen atoms in total. The molecule has 0 radical (unpaired) electrons. The van der Waals surface area contributed by atoms with Crippen LogP contribution in [0.4, 0.5) is 0 Å². The average molecular weight is 261 g/mol. The van der Waals surface area contributed by atoms with E-state index in [0.29, 0.717) is 6.42 Å². The highest BCUT2D eigenvalue weighted by molar-refractivity contribution is 6.07. The summed E-state index contributed by atoms with van der Waals surface area (Å²) in [6.45, 7) is 0. The number of benzene rings is 2. The van der Waals surface area contributed by atoms with Crippen LogP contribution in [0.1, 0.15) is 22.3 Å². The van der Waals surface area contributed by atoms with Gasteiger partial charge in [0.15, 0.2) is 5.78 Å². The normalized spacial score (nSPS) is 10.6. The van der Waals surface area contributed by atoms with Crippen LogP contribution in [0.5, 0.6) is 0 Å². The summed E-state index contributed by atoms with van der Waals surface area (Å²) in [5, 5.41) is 0.938. The van der Waals surface area contributed by atoms with Crippen LogP contribution in [0.3, 0.4) is 0 Å². The predicted octanol–water partition coefficient (Wildman–Crippen LogP) is 4.05. The number of hydrogen-bond acceptors (Lipinski definition) is 2. The smallest absolute Gasteiger partial charge is 0.163 e. The van der Waals surface area contributed by atoms with Crippen LogP contribution >= 0.6 is 0 Å². The number of fused-ring (bicyclic) bond motifs is 1. The first-order chi connectivity index (χ1) is 9.84. The Bertz CT molecular complexity index is 729. The zero-order valence-corrected chi connectivity index (χ0v) is 11.1. The number of Topliss-reactive ketones (excluding diaryl/α,β-unsaturated/α-hetero) is 1. The fourth-order valence-corrected chi connectivity index (χ4v) is 2.38. The van der Waals surface area contributed by atoms with Gasteiger partial charge in [-0.1, -0.05) is 48.5 Å². The fraction of sp³-hybridized carbons (Fsp3) is 0.111. The molecular formula is C18H15NO. The molecule has 0 aliphatic carbocycles. The number of aromatic nitrogens is 1. The third-order valence-electron chi connectivity index (χ3n) is 3.43. The van der Waals surface area contributed by atoms with Crippen molar-refractivity contribution in [3.8, 4) is 0 Å². The topological polar surface area (TPSA) is 30.0 Å². The Hall–Kier alpha value is -2.48. The number of carbonyl (C=O) groups is 1. The van der Waals surface area contributed by atoms with E-state index < -0.39 is 0 Å². The average Bonchev–Trinajstić information content (AvgIpc) is 2.53. The van der Waals surface area contributed by atoms with Crippen molar-refractivity contribution in [3.63, 3.8) is 0 Å². The summed E-state index contributed by atoms with van der Waals surface area (Å²) < 4.78 is 0. The number of nitrogens with zero attached hydrogens (tertiary/aromatic N) is 1. The van der Waals surface area contributed by atoms with Crippen molar-refractivity contribution in [1.29, 1.82) is 0 Å². The Morgan fingerprint density at radius 1 is 0.900 bits per heavy atom. The van der Waals surface area contributed by atoms with Crippen molar-refractivity contribution in [1.82, 2.24) is 4.98 Å². The van der Waals surface area contributed by atoms with Gasteiger partial charge in [-0.05, 0) is 24.1 Å². The molecule has 3 rings (SSSR count). The van der Waals surface area contributed by atoms with E-state index >= 15 is 0 Å². The first-order valence-electron chi connectivity index (χ1n) is 6.75. The highest BCUT2D eigenvalue weighted by Crippen LogP contribution is 2.18. The summed E-state index contributed by atoms with van der Waals surface area (Å²) in [4.78, 5) is 16.7. The predicted molar refractivity (Wildman–Crippen MR) is 80.8 cm³/mol. The van der Waals surface area contributed by atoms with Gasteiger partial charge < -0.3 is 0 Å². The van der Waals surface area contributed by atoms with Crippen molar-refractivity contribution in [3.05, 3.63) is 78.0 Å². The lowest BCUT2D eigenvalue weighted by atomic mass is 9.99. The van der Waals surface area contributed by atoms with Gasteiger partial charge in [0, 0.05) is 23.6 Å². The molecule has 0 fully saturated rings. The first kappa shape index (κ1) is 12.5. The van der Waals surface area contributed by atoms with Crippen molar-refractivity contribution in [2.24, 2.45) is 0 Å². The van der Waals surface area contributed by atoms with Crippen LogP contribution < -0.4 is 0 Å². The molecular weight excluding hydrogens is 246 g/mol. The zero-order chi connectivity index (χ0) is 13.8. The number of aryl methyl sites for hydroxylation is 1. The molecule has 3 aromatic rings. The quantitative estimate of drug-likeness (QED) is 0.663. The van der Waals surface area contributed by atoms with E-state index in [1.165, 1.54) is 5.56 Å². The maximum Gasteiger partial charge on any atom is 0.163 e. The summed E-state index contributed by atoms with van der Waals surface area (Å²) in [6.07, 6.45) is 3.05. The Kier molecular flexibility index (Phi) is 3.55. The van der Waals surface area contributed by atoms with Crippen LogP contribution in [-0.2, 0) is 6.42 Å². The molecule has 0 spiro atoms. The second-order valence-electron chi connectivity index (χ2n) is 4.78. The van der Waals surface area contributed by atoms with Gasteiger partial charge in [-0.3, -0.25) is 9.78 Å². The van der Waals surface area contributed by atoms with E-state index in [1.807, 2.05) is 48.5 Å². The lowest BCUT2D eigenvalue weighted by molar-refractivity contribution is 0.0984. The van der Waals surface area contributed by atoms with Crippen molar-refractivity contribution in [2.45, 2.75) is 12.8 Å². The molecule has 0 aliphatic rings. The van der Waals surface area contributed by atoms with E-state index in [-0.39, 0.29) is 5.78 Å². The molecule has 98 valence electrons. The summed E-state index contributed by atoms with van der Waals surface area (Å²) in [7, 11) is 0. The minimum absolute atomic E-state index is 0.174. The van der Waals surface area contributed by atoms with Gasteiger partial charge in [-0.25, -0.2) is 0 Å². The number of rotatable bonds is 4. The SMILES string of the molecule is O=C(CCc1ccccc1)c1cccc2ncccc12. The molecule has 1 heterocycles. The maximum atomic E-state index is 12.4. The molecule has 20 heavy (non-hydrogen) atoms. The lowest BCUT2D eigenvalue weighted by Crippen LogP contribution is -2.02. The maximum absolute atomic E-state index is 12.4. The molecule has 2 heteroatoms. The van der Waals surface area contributed by atoms with E-state index in [1.54, 1.807) is 6.20 Å². The summed E-state index contributed by atoms with van der Waals surface area (Å²) in [6, 6.07) is 19.6. The second-order valence-corrected chi connectivity index (χ2v) is 4.78. The van der Waals surface area contributed by atoms with Gasteiger partial charge in [0.25, 0.3) is 0 Å².